The molecule has 0 unspecified atom stereocenters. The van der Waals surface area contributed by atoms with Crippen LogP contribution < -0.4 is 0 Å². The van der Waals surface area contributed by atoms with Gasteiger partial charge in [0.15, 0.2) is 0 Å². The van der Waals surface area contributed by atoms with E-state index in [0.29, 0.717) is 6.42 Å². The average Bonchev–Trinajstić information content (AvgIpc) is 2.71. The fraction of sp³-hybridized carbons (Fsp3) is 0.545. The number of piperazine rings is 1. The first kappa shape index (κ1) is 10.6. The summed E-state index contributed by atoms with van der Waals surface area (Å²) in [5.74, 6) is 0.265. The molecule has 1 fully saturated rings. The van der Waals surface area contributed by atoms with E-state index in [1.54, 1.807) is 11.3 Å². The Bertz CT molecular complexity index is 315. The first-order valence-corrected chi connectivity index (χ1v) is 6.17. The topological polar surface area (TPSA) is 23.6 Å². The molecule has 0 N–H and O–H groups in total. The molecule has 0 bridgehead atoms. The van der Waals surface area contributed by atoms with Crippen LogP contribution in [0.2, 0.25) is 0 Å². The van der Waals surface area contributed by atoms with Gasteiger partial charge in [-0.1, -0.05) is 0 Å². The van der Waals surface area contributed by atoms with Crippen molar-refractivity contribution >= 4 is 17.2 Å². The Morgan fingerprint density at radius 3 is 2.73 bits per heavy atom. The molecule has 1 aromatic heterocycles. The minimum atomic E-state index is 0.265. The van der Waals surface area contributed by atoms with E-state index in [4.69, 9.17) is 0 Å². The third-order valence-electron chi connectivity index (χ3n) is 2.79. The van der Waals surface area contributed by atoms with Gasteiger partial charge in [-0.3, -0.25) is 4.79 Å². The van der Waals surface area contributed by atoms with Crippen molar-refractivity contribution in [3.8, 4) is 0 Å². The SMILES string of the molecule is CN1CCN(C(=O)Cc2ccsc2)CC1. The van der Waals surface area contributed by atoms with Crippen LogP contribution >= 0.6 is 11.3 Å². The standard InChI is InChI=1S/C11H16N2OS/c1-12-3-5-13(6-4-12)11(14)8-10-2-7-15-9-10/h2,7,9H,3-6,8H2,1H3. The second-order valence-corrected chi connectivity index (χ2v) is 4.77. The van der Waals surface area contributed by atoms with Crippen molar-refractivity contribution in [3.05, 3.63) is 22.4 Å². The van der Waals surface area contributed by atoms with Gasteiger partial charge in [0.25, 0.3) is 0 Å². The molecule has 0 aliphatic carbocycles. The maximum atomic E-state index is 11.9. The van der Waals surface area contributed by atoms with Gasteiger partial charge in [-0.2, -0.15) is 11.3 Å². The molecule has 15 heavy (non-hydrogen) atoms. The summed E-state index contributed by atoms with van der Waals surface area (Å²) in [6.45, 7) is 3.74. The maximum absolute atomic E-state index is 11.9. The molecule has 1 amide bonds. The van der Waals surface area contributed by atoms with Crippen LogP contribution in [-0.2, 0) is 11.2 Å². The summed E-state index contributed by atoms with van der Waals surface area (Å²) in [7, 11) is 2.10. The molecule has 1 aliphatic heterocycles. The van der Waals surface area contributed by atoms with Gasteiger partial charge in [-0.05, 0) is 29.4 Å². The van der Waals surface area contributed by atoms with E-state index in [1.165, 1.54) is 0 Å². The second kappa shape index (κ2) is 4.77. The van der Waals surface area contributed by atoms with Crippen LogP contribution in [0.25, 0.3) is 0 Å². The number of nitrogens with zero attached hydrogens (tertiary/aromatic N) is 2. The lowest BCUT2D eigenvalue weighted by Gasteiger charge is -2.32. The average molecular weight is 224 g/mol. The molecule has 4 heteroatoms. The Balaban J connectivity index is 1.86. The minimum absolute atomic E-state index is 0.265. The molecule has 1 aliphatic rings. The van der Waals surface area contributed by atoms with Crippen LogP contribution in [0.15, 0.2) is 16.8 Å². The molecule has 0 atom stereocenters. The molecule has 1 saturated heterocycles. The van der Waals surface area contributed by atoms with E-state index in [0.717, 1.165) is 31.7 Å². The summed E-state index contributed by atoms with van der Waals surface area (Å²) >= 11 is 1.65. The predicted molar refractivity (Wildman–Crippen MR) is 62.1 cm³/mol. The fourth-order valence-corrected chi connectivity index (χ4v) is 2.40. The lowest BCUT2D eigenvalue weighted by atomic mass is 10.2. The number of thiophene rings is 1. The van der Waals surface area contributed by atoms with Crippen molar-refractivity contribution in [1.82, 2.24) is 9.80 Å². The van der Waals surface area contributed by atoms with Crippen LogP contribution in [0, 0.1) is 0 Å². The van der Waals surface area contributed by atoms with Crippen LogP contribution in [0.3, 0.4) is 0 Å². The highest BCUT2D eigenvalue weighted by Crippen LogP contribution is 2.09. The highest BCUT2D eigenvalue weighted by Gasteiger charge is 2.18. The summed E-state index contributed by atoms with van der Waals surface area (Å²) in [5.41, 5.74) is 1.14. The summed E-state index contributed by atoms with van der Waals surface area (Å²) < 4.78 is 0. The molecule has 2 heterocycles. The third kappa shape index (κ3) is 2.79. The molecule has 3 nitrogen and oxygen atoms in total. The highest BCUT2D eigenvalue weighted by atomic mass is 32.1. The summed E-state index contributed by atoms with van der Waals surface area (Å²) in [5, 5.41) is 4.07. The minimum Gasteiger partial charge on any atom is -0.340 e. The number of hydrogen-bond donors (Lipinski definition) is 0. The van der Waals surface area contributed by atoms with Crippen LogP contribution in [0.5, 0.6) is 0 Å². The Morgan fingerprint density at radius 2 is 2.13 bits per heavy atom. The first-order chi connectivity index (χ1) is 7.25. The quantitative estimate of drug-likeness (QED) is 0.750. The number of carbonyl (C=O) groups is 1. The van der Waals surface area contributed by atoms with Crippen molar-refractivity contribution < 1.29 is 4.79 Å². The number of rotatable bonds is 2. The van der Waals surface area contributed by atoms with Gasteiger partial charge in [0.2, 0.25) is 5.91 Å². The van der Waals surface area contributed by atoms with Crippen molar-refractivity contribution in [2.45, 2.75) is 6.42 Å². The zero-order valence-corrected chi connectivity index (χ0v) is 9.80. The molecule has 2 rings (SSSR count). The van der Waals surface area contributed by atoms with Gasteiger partial charge in [0, 0.05) is 26.2 Å². The van der Waals surface area contributed by atoms with E-state index in [2.05, 4.69) is 11.9 Å². The highest BCUT2D eigenvalue weighted by molar-refractivity contribution is 7.07. The number of hydrogen-bond acceptors (Lipinski definition) is 3. The molecular weight excluding hydrogens is 208 g/mol. The number of amides is 1. The van der Waals surface area contributed by atoms with Gasteiger partial charge < -0.3 is 9.80 Å². The maximum Gasteiger partial charge on any atom is 0.227 e. The van der Waals surface area contributed by atoms with E-state index in [-0.39, 0.29) is 5.91 Å². The predicted octanol–water partition coefficient (Wildman–Crippen LogP) is 1.06. The van der Waals surface area contributed by atoms with Crippen LogP contribution in [-0.4, -0.2) is 48.9 Å². The normalized spacial score (nSPS) is 18.1. The molecule has 0 spiro atoms. The summed E-state index contributed by atoms with van der Waals surface area (Å²) in [6.07, 6.45) is 0.563. The van der Waals surface area contributed by atoms with Crippen LogP contribution in [0.4, 0.5) is 0 Å². The summed E-state index contributed by atoms with van der Waals surface area (Å²) in [4.78, 5) is 16.1. The Morgan fingerprint density at radius 1 is 1.40 bits per heavy atom. The first-order valence-electron chi connectivity index (χ1n) is 5.23. The molecular formula is C11H16N2OS. The largest absolute Gasteiger partial charge is 0.340 e. The van der Waals surface area contributed by atoms with Crippen molar-refractivity contribution in [2.24, 2.45) is 0 Å². The zero-order valence-electron chi connectivity index (χ0n) is 8.98. The monoisotopic (exact) mass is 224 g/mol. The van der Waals surface area contributed by atoms with E-state index >= 15 is 0 Å². The van der Waals surface area contributed by atoms with Crippen molar-refractivity contribution in [1.29, 1.82) is 0 Å². The van der Waals surface area contributed by atoms with Crippen LogP contribution in [0.1, 0.15) is 5.56 Å². The van der Waals surface area contributed by atoms with Crippen molar-refractivity contribution in [2.75, 3.05) is 33.2 Å². The Labute approximate surface area is 94.3 Å². The molecule has 82 valence electrons. The van der Waals surface area contributed by atoms with Gasteiger partial charge in [0.05, 0.1) is 6.42 Å². The summed E-state index contributed by atoms with van der Waals surface area (Å²) in [6, 6.07) is 2.03. The van der Waals surface area contributed by atoms with E-state index in [1.807, 2.05) is 21.7 Å². The number of carbonyl (C=O) groups excluding carboxylic acids is 1. The van der Waals surface area contributed by atoms with Gasteiger partial charge >= 0.3 is 0 Å². The van der Waals surface area contributed by atoms with Gasteiger partial charge in [-0.25, -0.2) is 0 Å². The molecule has 1 aromatic rings. The molecule has 0 radical (unpaired) electrons. The van der Waals surface area contributed by atoms with Gasteiger partial charge in [0.1, 0.15) is 0 Å². The molecule has 0 aromatic carbocycles. The fourth-order valence-electron chi connectivity index (χ4n) is 1.74. The lowest BCUT2D eigenvalue weighted by molar-refractivity contribution is -0.132. The third-order valence-corrected chi connectivity index (χ3v) is 3.52. The Hall–Kier alpha value is -0.870. The lowest BCUT2D eigenvalue weighted by Crippen LogP contribution is -2.47. The number of likely N-dealkylation sites (N-methyl/N-ethyl adjacent to an activating group) is 1. The Kier molecular flexibility index (Phi) is 3.38. The van der Waals surface area contributed by atoms with Gasteiger partial charge in [-0.15, -0.1) is 0 Å². The smallest absolute Gasteiger partial charge is 0.227 e. The zero-order chi connectivity index (χ0) is 10.7. The van der Waals surface area contributed by atoms with Crippen molar-refractivity contribution in [3.63, 3.8) is 0 Å². The van der Waals surface area contributed by atoms with E-state index in [9.17, 15) is 4.79 Å². The second-order valence-electron chi connectivity index (χ2n) is 3.99. The molecule has 0 saturated carbocycles. The van der Waals surface area contributed by atoms with E-state index < -0.39 is 0 Å².